The number of nitrogens with zero attached hydrogens (tertiary/aromatic N) is 2. The minimum absolute atomic E-state index is 0.195. The Bertz CT molecular complexity index is 1240. The third-order valence-electron chi connectivity index (χ3n) is 5.27. The van der Waals surface area contributed by atoms with Gasteiger partial charge in [-0.15, -0.1) is 0 Å². The Morgan fingerprint density at radius 3 is 2.59 bits per heavy atom. The number of fused-ring (bicyclic) bond motifs is 1. The number of ether oxygens (including phenoxy) is 2. The molecule has 4 aromatic rings. The van der Waals surface area contributed by atoms with Crippen LogP contribution in [-0.2, 0) is 6.42 Å². The number of aryl methyl sites for hydroxylation is 1. The van der Waals surface area contributed by atoms with Gasteiger partial charge < -0.3 is 19.3 Å². The molecule has 0 radical (unpaired) electrons. The fourth-order valence-electron chi connectivity index (χ4n) is 3.53. The Kier molecular flexibility index (Phi) is 5.29. The molecular weight excluding hydrogens is 406 g/mol. The molecular formula is C25H21N3O4. The first-order valence-electron chi connectivity index (χ1n) is 10.3. The maximum absolute atomic E-state index is 12.9. The second-order valence-electron chi connectivity index (χ2n) is 7.61. The molecule has 7 heteroatoms. The van der Waals surface area contributed by atoms with E-state index in [-0.39, 0.29) is 12.7 Å². The summed E-state index contributed by atoms with van der Waals surface area (Å²) in [6, 6.07) is 22.3. The third-order valence-corrected chi connectivity index (χ3v) is 5.27. The molecule has 7 nitrogen and oxygen atoms in total. The second-order valence-corrected chi connectivity index (χ2v) is 7.61. The number of carbonyl (C=O) groups is 1. The van der Waals surface area contributed by atoms with Crippen LogP contribution in [0.1, 0.15) is 33.4 Å². The van der Waals surface area contributed by atoms with Crippen LogP contribution in [0.2, 0.25) is 0 Å². The van der Waals surface area contributed by atoms with Gasteiger partial charge in [0.2, 0.25) is 18.5 Å². The largest absolute Gasteiger partial charge is 0.454 e. The van der Waals surface area contributed by atoms with E-state index in [1.165, 1.54) is 0 Å². The van der Waals surface area contributed by atoms with Crippen LogP contribution in [0.5, 0.6) is 11.5 Å². The lowest BCUT2D eigenvalue weighted by Crippen LogP contribution is -2.30. The fourth-order valence-corrected chi connectivity index (χ4v) is 3.53. The molecule has 0 fully saturated rings. The van der Waals surface area contributed by atoms with Gasteiger partial charge in [-0.2, -0.15) is 4.98 Å². The molecule has 32 heavy (non-hydrogen) atoms. The average Bonchev–Trinajstić information content (AvgIpc) is 3.49. The number of hydrogen-bond acceptors (Lipinski definition) is 6. The van der Waals surface area contributed by atoms with Gasteiger partial charge in [0.05, 0.1) is 0 Å². The molecule has 0 aliphatic carbocycles. The van der Waals surface area contributed by atoms with E-state index in [1.807, 2.05) is 67.6 Å². The number of benzene rings is 3. The van der Waals surface area contributed by atoms with Gasteiger partial charge in [0.25, 0.3) is 5.91 Å². The highest BCUT2D eigenvalue weighted by atomic mass is 16.7. The highest BCUT2D eigenvalue weighted by Crippen LogP contribution is 2.35. The van der Waals surface area contributed by atoms with Gasteiger partial charge in [-0.05, 0) is 42.8 Å². The highest BCUT2D eigenvalue weighted by Gasteiger charge is 2.24. The molecule has 0 saturated carbocycles. The van der Waals surface area contributed by atoms with Crippen LogP contribution < -0.4 is 14.8 Å². The Labute approximate surface area is 185 Å². The Morgan fingerprint density at radius 2 is 1.78 bits per heavy atom. The van der Waals surface area contributed by atoms with Crippen LogP contribution in [0.4, 0.5) is 0 Å². The topological polar surface area (TPSA) is 86.5 Å². The fraction of sp³-hybridized carbons (Fsp3) is 0.160. The van der Waals surface area contributed by atoms with E-state index in [4.69, 9.17) is 14.0 Å². The lowest BCUT2D eigenvalue weighted by molar-refractivity contribution is 0.0928. The maximum Gasteiger partial charge on any atom is 0.251 e. The first kappa shape index (κ1) is 19.8. The molecule has 0 saturated heterocycles. The first-order chi connectivity index (χ1) is 15.7. The molecule has 0 spiro atoms. The summed E-state index contributed by atoms with van der Waals surface area (Å²) in [5.41, 5.74) is 3.45. The number of carbonyl (C=O) groups excluding carboxylic acids is 1. The van der Waals surface area contributed by atoms with E-state index in [0.717, 1.165) is 16.7 Å². The molecule has 3 aromatic carbocycles. The molecule has 5 rings (SSSR count). The lowest BCUT2D eigenvalue weighted by atomic mass is 10.0. The predicted molar refractivity (Wildman–Crippen MR) is 117 cm³/mol. The van der Waals surface area contributed by atoms with Crippen molar-refractivity contribution in [2.75, 3.05) is 6.79 Å². The molecule has 160 valence electrons. The van der Waals surface area contributed by atoms with E-state index in [1.54, 1.807) is 12.1 Å². The Morgan fingerprint density at radius 1 is 1.00 bits per heavy atom. The zero-order valence-electron chi connectivity index (χ0n) is 17.4. The average molecular weight is 427 g/mol. The highest BCUT2D eigenvalue weighted by molar-refractivity contribution is 5.94. The lowest BCUT2D eigenvalue weighted by Gasteiger charge is -2.15. The van der Waals surface area contributed by atoms with Crippen molar-refractivity contribution in [2.24, 2.45) is 0 Å². The van der Waals surface area contributed by atoms with Gasteiger partial charge in [0.15, 0.2) is 11.5 Å². The van der Waals surface area contributed by atoms with Crippen molar-refractivity contribution in [1.82, 2.24) is 15.5 Å². The SMILES string of the molecule is Cc1ccc(C(=O)N[C@H](Cc2ccccc2)c2nc(-c3ccc4c(c3)OCO4)no2)cc1. The smallest absolute Gasteiger partial charge is 0.251 e. The van der Waals surface area contributed by atoms with Crippen molar-refractivity contribution >= 4 is 5.91 Å². The van der Waals surface area contributed by atoms with Crippen LogP contribution in [0.3, 0.4) is 0 Å². The monoisotopic (exact) mass is 427 g/mol. The van der Waals surface area contributed by atoms with Crippen LogP contribution in [0, 0.1) is 6.92 Å². The van der Waals surface area contributed by atoms with Crippen LogP contribution in [0.15, 0.2) is 77.3 Å². The van der Waals surface area contributed by atoms with Gasteiger partial charge in [0, 0.05) is 17.5 Å². The summed E-state index contributed by atoms with van der Waals surface area (Å²) in [6.07, 6.45) is 0.515. The van der Waals surface area contributed by atoms with Crippen LogP contribution in [0.25, 0.3) is 11.4 Å². The zero-order chi connectivity index (χ0) is 21.9. The van der Waals surface area contributed by atoms with E-state index < -0.39 is 6.04 Å². The van der Waals surface area contributed by atoms with E-state index in [9.17, 15) is 4.79 Å². The van der Waals surface area contributed by atoms with Crippen molar-refractivity contribution in [1.29, 1.82) is 0 Å². The van der Waals surface area contributed by atoms with Gasteiger partial charge in [0.1, 0.15) is 6.04 Å². The molecule has 1 aromatic heterocycles. The number of nitrogens with one attached hydrogen (secondary N) is 1. The molecule has 1 atom stereocenters. The third kappa shape index (κ3) is 4.18. The van der Waals surface area contributed by atoms with E-state index in [0.29, 0.717) is 35.2 Å². The quantitative estimate of drug-likeness (QED) is 0.488. The summed E-state index contributed by atoms with van der Waals surface area (Å²) in [4.78, 5) is 17.5. The standard InChI is InChI=1S/C25H21N3O4/c1-16-7-9-18(10-8-16)24(29)26-20(13-17-5-3-2-4-6-17)25-27-23(28-32-25)19-11-12-21-22(14-19)31-15-30-21/h2-12,14,20H,13,15H2,1H3,(H,26,29)/t20-/m1/s1. The molecule has 1 N–H and O–H groups in total. The number of hydrogen-bond donors (Lipinski definition) is 1. The summed E-state index contributed by atoms with van der Waals surface area (Å²) in [7, 11) is 0. The van der Waals surface area contributed by atoms with Gasteiger partial charge in [-0.3, -0.25) is 4.79 Å². The van der Waals surface area contributed by atoms with Crippen molar-refractivity contribution in [3.63, 3.8) is 0 Å². The van der Waals surface area contributed by atoms with Gasteiger partial charge >= 0.3 is 0 Å². The minimum atomic E-state index is -0.485. The molecule has 0 unspecified atom stereocenters. The predicted octanol–water partition coefficient (Wildman–Crippen LogP) is 4.49. The van der Waals surface area contributed by atoms with Crippen molar-refractivity contribution in [3.05, 3.63) is 95.4 Å². The first-order valence-corrected chi connectivity index (χ1v) is 10.3. The molecule has 1 amide bonds. The molecule has 2 heterocycles. The number of amides is 1. The summed E-state index contributed by atoms with van der Waals surface area (Å²) >= 11 is 0. The van der Waals surface area contributed by atoms with E-state index >= 15 is 0 Å². The summed E-state index contributed by atoms with van der Waals surface area (Å²) < 4.78 is 16.4. The molecule has 0 bridgehead atoms. The van der Waals surface area contributed by atoms with Crippen LogP contribution in [-0.4, -0.2) is 22.8 Å². The van der Waals surface area contributed by atoms with Gasteiger partial charge in [-0.25, -0.2) is 0 Å². The van der Waals surface area contributed by atoms with Crippen molar-refractivity contribution < 1.29 is 18.8 Å². The summed E-state index contributed by atoms with van der Waals surface area (Å²) in [6.45, 7) is 2.18. The number of aromatic nitrogens is 2. The maximum atomic E-state index is 12.9. The minimum Gasteiger partial charge on any atom is -0.454 e. The molecule has 1 aliphatic heterocycles. The van der Waals surface area contributed by atoms with Crippen molar-refractivity contribution in [2.45, 2.75) is 19.4 Å². The Balaban J connectivity index is 1.42. The second kappa shape index (κ2) is 8.55. The Hall–Kier alpha value is -4.13. The zero-order valence-corrected chi connectivity index (χ0v) is 17.4. The van der Waals surface area contributed by atoms with Gasteiger partial charge in [-0.1, -0.05) is 53.2 Å². The van der Waals surface area contributed by atoms with Crippen LogP contribution >= 0.6 is 0 Å². The van der Waals surface area contributed by atoms with Crippen molar-refractivity contribution in [3.8, 4) is 22.9 Å². The normalized spacial score (nSPS) is 13.0. The summed E-state index contributed by atoms with van der Waals surface area (Å²) in [5.74, 6) is 1.88. The summed E-state index contributed by atoms with van der Waals surface area (Å²) in [5, 5.41) is 7.18. The van der Waals surface area contributed by atoms with E-state index in [2.05, 4.69) is 15.5 Å². The number of rotatable bonds is 6. The molecule has 1 aliphatic rings.